The molecule has 0 amide bonds. The zero-order valence-corrected chi connectivity index (χ0v) is 9.31. The van der Waals surface area contributed by atoms with Crippen LogP contribution in [-0.2, 0) is 9.84 Å². The maximum absolute atomic E-state index is 11.5. The van der Waals surface area contributed by atoms with Gasteiger partial charge in [0.05, 0.1) is 5.75 Å². The van der Waals surface area contributed by atoms with E-state index < -0.39 is 9.84 Å². The van der Waals surface area contributed by atoms with E-state index in [1.165, 1.54) is 0 Å². The standard InChI is InChI=1S/C9H19NO2S/c1-9(2)10-6-4-3-5-7-13(11,12)8-10/h9H,3-8H2,1-2H3. The Labute approximate surface area is 81.0 Å². The first-order valence-electron chi connectivity index (χ1n) is 4.96. The molecule has 1 rings (SSSR count). The molecule has 0 N–H and O–H groups in total. The Hall–Kier alpha value is -0.0900. The summed E-state index contributed by atoms with van der Waals surface area (Å²) in [6.45, 7) is 5.03. The van der Waals surface area contributed by atoms with Gasteiger partial charge in [-0.2, -0.15) is 0 Å². The zero-order valence-electron chi connectivity index (χ0n) is 8.49. The first kappa shape index (κ1) is 11.0. The van der Waals surface area contributed by atoms with Crippen LogP contribution in [0.1, 0.15) is 33.1 Å². The third-order valence-electron chi connectivity index (χ3n) is 2.49. The molecule has 4 heteroatoms. The van der Waals surface area contributed by atoms with E-state index in [2.05, 4.69) is 18.7 Å². The molecule has 1 saturated heterocycles. The Morgan fingerprint density at radius 1 is 1.15 bits per heavy atom. The molecule has 3 nitrogen and oxygen atoms in total. The van der Waals surface area contributed by atoms with Gasteiger partial charge in [0.2, 0.25) is 0 Å². The molecule has 0 radical (unpaired) electrons. The smallest absolute Gasteiger partial charge is 0.163 e. The lowest BCUT2D eigenvalue weighted by Gasteiger charge is -2.27. The average molecular weight is 205 g/mol. The van der Waals surface area contributed by atoms with Gasteiger partial charge in [0.1, 0.15) is 5.88 Å². The van der Waals surface area contributed by atoms with Gasteiger partial charge in [0, 0.05) is 6.04 Å². The van der Waals surface area contributed by atoms with Crippen LogP contribution in [0.3, 0.4) is 0 Å². The molecule has 1 fully saturated rings. The first-order chi connectivity index (χ1) is 6.01. The van der Waals surface area contributed by atoms with Crippen LogP contribution in [0.15, 0.2) is 0 Å². The van der Waals surface area contributed by atoms with Crippen LogP contribution in [-0.4, -0.2) is 37.5 Å². The van der Waals surface area contributed by atoms with Gasteiger partial charge in [-0.15, -0.1) is 0 Å². The summed E-state index contributed by atoms with van der Waals surface area (Å²) in [5, 5.41) is 0. The number of nitrogens with zero attached hydrogens (tertiary/aromatic N) is 1. The normalized spacial score (nSPS) is 25.5. The lowest BCUT2D eigenvalue weighted by Crippen LogP contribution is -2.38. The molecule has 0 bridgehead atoms. The Morgan fingerprint density at radius 2 is 1.85 bits per heavy atom. The lowest BCUT2D eigenvalue weighted by molar-refractivity contribution is 0.247. The van der Waals surface area contributed by atoms with Crippen LogP contribution in [0, 0.1) is 0 Å². The predicted octanol–water partition coefficient (Wildman–Crippen LogP) is 1.25. The van der Waals surface area contributed by atoms with Crippen molar-refractivity contribution in [1.82, 2.24) is 4.90 Å². The van der Waals surface area contributed by atoms with E-state index >= 15 is 0 Å². The molecule has 0 unspecified atom stereocenters. The molecule has 1 heterocycles. The summed E-state index contributed by atoms with van der Waals surface area (Å²) in [6.07, 6.45) is 3.02. The van der Waals surface area contributed by atoms with Gasteiger partial charge in [0.15, 0.2) is 9.84 Å². The average Bonchev–Trinajstić information content (AvgIpc) is 1.97. The highest BCUT2D eigenvalue weighted by Crippen LogP contribution is 2.11. The van der Waals surface area contributed by atoms with E-state index in [-0.39, 0.29) is 5.88 Å². The van der Waals surface area contributed by atoms with Gasteiger partial charge in [-0.3, -0.25) is 4.90 Å². The van der Waals surface area contributed by atoms with Crippen LogP contribution in [0.5, 0.6) is 0 Å². The molecule has 0 aromatic heterocycles. The molecule has 0 atom stereocenters. The minimum Gasteiger partial charge on any atom is -0.287 e. The third kappa shape index (κ3) is 3.65. The highest BCUT2D eigenvalue weighted by Gasteiger charge is 2.20. The molecule has 0 saturated carbocycles. The summed E-state index contributed by atoms with van der Waals surface area (Å²) < 4.78 is 23.0. The van der Waals surface area contributed by atoms with Crippen molar-refractivity contribution in [1.29, 1.82) is 0 Å². The van der Waals surface area contributed by atoms with E-state index in [0.29, 0.717) is 11.8 Å². The van der Waals surface area contributed by atoms with Crippen LogP contribution < -0.4 is 0 Å². The van der Waals surface area contributed by atoms with Gasteiger partial charge in [0.25, 0.3) is 0 Å². The van der Waals surface area contributed by atoms with E-state index in [9.17, 15) is 8.42 Å². The fourth-order valence-electron chi connectivity index (χ4n) is 1.60. The summed E-state index contributed by atoms with van der Waals surface area (Å²) >= 11 is 0. The number of sulfone groups is 1. The molecule has 0 aromatic carbocycles. The second-order valence-corrected chi connectivity index (χ2v) is 6.20. The highest BCUT2D eigenvalue weighted by molar-refractivity contribution is 7.91. The number of hydrogen-bond acceptors (Lipinski definition) is 3. The van der Waals surface area contributed by atoms with Gasteiger partial charge < -0.3 is 0 Å². The van der Waals surface area contributed by atoms with Gasteiger partial charge >= 0.3 is 0 Å². The molecule has 78 valence electrons. The monoisotopic (exact) mass is 205 g/mol. The van der Waals surface area contributed by atoms with Crippen LogP contribution in [0.25, 0.3) is 0 Å². The second-order valence-electron chi connectivity index (χ2n) is 4.04. The van der Waals surface area contributed by atoms with E-state index in [1.807, 2.05) is 0 Å². The molecule has 0 aliphatic carbocycles. The summed E-state index contributed by atoms with van der Waals surface area (Å²) in [5.41, 5.74) is 0. The van der Waals surface area contributed by atoms with Crippen molar-refractivity contribution < 1.29 is 8.42 Å². The maximum atomic E-state index is 11.5. The van der Waals surface area contributed by atoms with Crippen molar-refractivity contribution in [2.24, 2.45) is 0 Å². The molecule has 1 aliphatic heterocycles. The fourth-order valence-corrected chi connectivity index (χ4v) is 3.31. The highest BCUT2D eigenvalue weighted by atomic mass is 32.2. The van der Waals surface area contributed by atoms with Crippen molar-refractivity contribution >= 4 is 9.84 Å². The molecular formula is C9H19NO2S. The Kier molecular flexibility index (Phi) is 3.74. The summed E-state index contributed by atoms with van der Waals surface area (Å²) in [4.78, 5) is 2.05. The minimum absolute atomic E-state index is 0.255. The van der Waals surface area contributed by atoms with Gasteiger partial charge in [-0.1, -0.05) is 6.42 Å². The molecule has 13 heavy (non-hydrogen) atoms. The van der Waals surface area contributed by atoms with Crippen molar-refractivity contribution in [2.45, 2.75) is 39.2 Å². The summed E-state index contributed by atoms with van der Waals surface area (Å²) in [5.74, 6) is 0.626. The topological polar surface area (TPSA) is 37.4 Å². The molecular weight excluding hydrogens is 186 g/mol. The molecule has 0 aromatic rings. The molecule has 0 spiro atoms. The fraction of sp³-hybridized carbons (Fsp3) is 1.00. The zero-order chi connectivity index (χ0) is 9.90. The largest absolute Gasteiger partial charge is 0.287 e. The Morgan fingerprint density at radius 3 is 2.46 bits per heavy atom. The predicted molar refractivity (Wildman–Crippen MR) is 54.3 cm³/mol. The van der Waals surface area contributed by atoms with Crippen LogP contribution in [0.4, 0.5) is 0 Å². The minimum atomic E-state index is -2.81. The van der Waals surface area contributed by atoms with Gasteiger partial charge in [-0.05, 0) is 33.2 Å². The van der Waals surface area contributed by atoms with Crippen LogP contribution >= 0.6 is 0 Å². The van der Waals surface area contributed by atoms with Crippen molar-refractivity contribution in [2.75, 3.05) is 18.2 Å². The molecule has 1 aliphatic rings. The van der Waals surface area contributed by atoms with E-state index in [4.69, 9.17) is 0 Å². The maximum Gasteiger partial charge on any atom is 0.163 e. The van der Waals surface area contributed by atoms with Crippen LogP contribution in [0.2, 0.25) is 0 Å². The van der Waals surface area contributed by atoms with E-state index in [1.54, 1.807) is 0 Å². The van der Waals surface area contributed by atoms with Gasteiger partial charge in [-0.25, -0.2) is 8.42 Å². The SMILES string of the molecule is CC(C)N1CCCCCS(=O)(=O)C1. The Balaban J connectivity index is 2.64. The van der Waals surface area contributed by atoms with Crippen molar-refractivity contribution in [3.63, 3.8) is 0 Å². The quantitative estimate of drug-likeness (QED) is 0.646. The summed E-state index contributed by atoms with van der Waals surface area (Å²) in [7, 11) is -2.81. The Bertz CT molecular complexity index is 246. The first-order valence-corrected chi connectivity index (χ1v) is 6.78. The van der Waals surface area contributed by atoms with E-state index in [0.717, 1.165) is 25.8 Å². The van der Waals surface area contributed by atoms with Crippen molar-refractivity contribution in [3.05, 3.63) is 0 Å². The number of hydrogen-bond donors (Lipinski definition) is 0. The van der Waals surface area contributed by atoms with Crippen molar-refractivity contribution in [3.8, 4) is 0 Å². The third-order valence-corrected chi connectivity index (χ3v) is 4.13. The number of rotatable bonds is 1. The lowest BCUT2D eigenvalue weighted by atomic mass is 10.2. The second kappa shape index (κ2) is 4.42. The summed E-state index contributed by atoms with van der Waals surface area (Å²) in [6, 6.07) is 0.341.